The Morgan fingerprint density at radius 1 is 1.12 bits per heavy atom. The summed E-state index contributed by atoms with van der Waals surface area (Å²) in [7, 11) is 0. The average molecular weight is 332 g/mol. The Balaban J connectivity index is 1.79. The molecule has 0 spiro atoms. The lowest BCUT2D eigenvalue weighted by Crippen LogP contribution is -2.49. The fourth-order valence-corrected chi connectivity index (χ4v) is 2.60. The molecule has 130 valence electrons. The van der Waals surface area contributed by atoms with E-state index in [1.807, 2.05) is 20.8 Å². The van der Waals surface area contributed by atoms with Gasteiger partial charge in [0.25, 0.3) is 5.91 Å². The summed E-state index contributed by atoms with van der Waals surface area (Å²) in [6.45, 7) is 6.79. The largest absolute Gasteiger partial charge is 0.342 e. The van der Waals surface area contributed by atoms with Crippen molar-refractivity contribution < 1.29 is 14.4 Å². The number of nitrogens with zero attached hydrogens (tertiary/aromatic N) is 2. The summed E-state index contributed by atoms with van der Waals surface area (Å²) in [5.41, 5.74) is 4.64. The van der Waals surface area contributed by atoms with Crippen molar-refractivity contribution >= 4 is 17.7 Å². The van der Waals surface area contributed by atoms with E-state index in [4.69, 9.17) is 0 Å². The van der Waals surface area contributed by atoms with Crippen molar-refractivity contribution in [1.29, 1.82) is 0 Å². The number of carbonyl (C=O) groups is 3. The summed E-state index contributed by atoms with van der Waals surface area (Å²) in [6, 6.07) is 4.98. The molecule has 0 aliphatic carbocycles. The lowest BCUT2D eigenvalue weighted by molar-refractivity contribution is -0.142. The van der Waals surface area contributed by atoms with Crippen LogP contribution >= 0.6 is 0 Å². The van der Waals surface area contributed by atoms with E-state index in [9.17, 15) is 14.4 Å². The summed E-state index contributed by atoms with van der Waals surface area (Å²) in [5.74, 6) is -0.797. The molecule has 0 aromatic carbocycles. The molecular weight excluding hydrogens is 308 g/mol. The number of hydrazine groups is 1. The first-order valence-electron chi connectivity index (χ1n) is 8.09. The number of carbonyl (C=O) groups excluding carboxylic acids is 3. The van der Waals surface area contributed by atoms with E-state index < -0.39 is 11.3 Å². The number of pyridine rings is 1. The summed E-state index contributed by atoms with van der Waals surface area (Å²) in [4.78, 5) is 41.9. The third kappa shape index (κ3) is 4.53. The van der Waals surface area contributed by atoms with E-state index in [1.54, 1.807) is 23.1 Å². The Morgan fingerprint density at radius 3 is 2.33 bits per heavy atom. The van der Waals surface area contributed by atoms with Gasteiger partial charge in [0.2, 0.25) is 11.8 Å². The van der Waals surface area contributed by atoms with Crippen molar-refractivity contribution in [3.63, 3.8) is 0 Å². The predicted octanol–water partition coefficient (Wildman–Crippen LogP) is 1.13. The standard InChI is InChI=1S/C17H24N4O3/c1-17(2,3)16(24)21-10-7-12(8-11-21)14(22)19-20-15(23)13-6-4-5-9-18-13/h4-6,9,12H,7-8,10-11H2,1-3H3,(H,19,22)(H,20,23). The molecule has 0 saturated carbocycles. The van der Waals surface area contributed by atoms with Crippen molar-refractivity contribution in [2.45, 2.75) is 33.6 Å². The molecule has 1 aromatic heterocycles. The van der Waals surface area contributed by atoms with E-state index in [0.29, 0.717) is 25.9 Å². The third-order valence-electron chi connectivity index (χ3n) is 3.99. The first kappa shape index (κ1) is 17.9. The number of likely N-dealkylation sites (tertiary alicyclic amines) is 1. The molecule has 7 nitrogen and oxygen atoms in total. The zero-order chi connectivity index (χ0) is 17.7. The van der Waals surface area contributed by atoms with Crippen molar-refractivity contribution in [3.8, 4) is 0 Å². The molecule has 24 heavy (non-hydrogen) atoms. The first-order chi connectivity index (χ1) is 11.3. The second-order valence-corrected chi connectivity index (χ2v) is 6.97. The number of rotatable bonds is 2. The lowest BCUT2D eigenvalue weighted by atomic mass is 9.91. The highest BCUT2D eigenvalue weighted by atomic mass is 16.2. The van der Waals surface area contributed by atoms with Crippen LogP contribution < -0.4 is 10.9 Å². The molecule has 0 atom stereocenters. The molecular formula is C17H24N4O3. The molecule has 2 heterocycles. The zero-order valence-electron chi connectivity index (χ0n) is 14.3. The molecule has 0 unspecified atom stereocenters. The highest BCUT2D eigenvalue weighted by Crippen LogP contribution is 2.23. The molecule has 2 rings (SSSR count). The number of amides is 3. The van der Waals surface area contributed by atoms with Crippen molar-refractivity contribution in [2.24, 2.45) is 11.3 Å². The van der Waals surface area contributed by atoms with Crippen molar-refractivity contribution in [3.05, 3.63) is 30.1 Å². The second-order valence-electron chi connectivity index (χ2n) is 6.97. The van der Waals surface area contributed by atoms with Crippen LogP contribution in [0.5, 0.6) is 0 Å². The van der Waals surface area contributed by atoms with Crippen molar-refractivity contribution in [2.75, 3.05) is 13.1 Å². The monoisotopic (exact) mass is 332 g/mol. The van der Waals surface area contributed by atoms with Crippen LogP contribution in [0.1, 0.15) is 44.1 Å². The van der Waals surface area contributed by atoms with Crippen LogP contribution in [0.15, 0.2) is 24.4 Å². The maximum absolute atomic E-state index is 12.2. The van der Waals surface area contributed by atoms with Gasteiger partial charge in [-0.05, 0) is 25.0 Å². The minimum Gasteiger partial charge on any atom is -0.342 e. The molecule has 3 amide bonds. The summed E-state index contributed by atoms with van der Waals surface area (Å²) in [5, 5.41) is 0. The van der Waals surface area contributed by atoms with Gasteiger partial charge >= 0.3 is 0 Å². The molecule has 0 radical (unpaired) electrons. The average Bonchev–Trinajstić information content (AvgIpc) is 2.58. The van der Waals surface area contributed by atoms with Gasteiger partial charge in [0.1, 0.15) is 5.69 Å². The van der Waals surface area contributed by atoms with Gasteiger partial charge in [-0.1, -0.05) is 26.8 Å². The Morgan fingerprint density at radius 2 is 1.79 bits per heavy atom. The Labute approximate surface area is 141 Å². The van der Waals surface area contributed by atoms with Gasteiger partial charge in [-0.2, -0.15) is 0 Å². The van der Waals surface area contributed by atoms with E-state index in [1.165, 1.54) is 6.20 Å². The maximum Gasteiger partial charge on any atom is 0.288 e. The normalized spacial score (nSPS) is 15.7. The summed E-state index contributed by atoms with van der Waals surface area (Å²) < 4.78 is 0. The third-order valence-corrected chi connectivity index (χ3v) is 3.99. The summed E-state index contributed by atoms with van der Waals surface area (Å²) >= 11 is 0. The van der Waals surface area contributed by atoms with Gasteiger partial charge in [-0.15, -0.1) is 0 Å². The van der Waals surface area contributed by atoms with E-state index in [-0.39, 0.29) is 23.4 Å². The quantitative estimate of drug-likeness (QED) is 0.794. The van der Waals surface area contributed by atoms with Crippen LogP contribution in [0.4, 0.5) is 0 Å². The van der Waals surface area contributed by atoms with Gasteiger partial charge in [-0.3, -0.25) is 30.2 Å². The van der Waals surface area contributed by atoms with Gasteiger partial charge in [-0.25, -0.2) is 0 Å². The molecule has 7 heteroatoms. The molecule has 1 aromatic rings. The van der Waals surface area contributed by atoms with Gasteiger partial charge in [0, 0.05) is 30.6 Å². The van der Waals surface area contributed by atoms with E-state index in [0.717, 1.165) is 0 Å². The van der Waals surface area contributed by atoms with Crippen molar-refractivity contribution in [1.82, 2.24) is 20.7 Å². The summed E-state index contributed by atoms with van der Waals surface area (Å²) in [6.07, 6.45) is 2.69. The topological polar surface area (TPSA) is 91.4 Å². The first-order valence-corrected chi connectivity index (χ1v) is 8.09. The zero-order valence-corrected chi connectivity index (χ0v) is 14.3. The van der Waals surface area contributed by atoms with Crippen LogP contribution in [0.25, 0.3) is 0 Å². The number of piperidine rings is 1. The smallest absolute Gasteiger partial charge is 0.288 e. The lowest BCUT2D eigenvalue weighted by Gasteiger charge is -2.35. The second kappa shape index (κ2) is 7.42. The number of nitrogens with one attached hydrogen (secondary N) is 2. The van der Waals surface area contributed by atoms with Crippen LogP contribution in [-0.2, 0) is 9.59 Å². The highest BCUT2D eigenvalue weighted by molar-refractivity contribution is 5.93. The Kier molecular flexibility index (Phi) is 5.54. The van der Waals surface area contributed by atoms with E-state index >= 15 is 0 Å². The molecule has 0 bridgehead atoms. The minimum atomic E-state index is -0.454. The fourth-order valence-electron chi connectivity index (χ4n) is 2.60. The van der Waals surface area contributed by atoms with Crippen LogP contribution in [-0.4, -0.2) is 40.7 Å². The Bertz CT molecular complexity index is 602. The molecule has 1 aliphatic heterocycles. The fraction of sp³-hybridized carbons (Fsp3) is 0.529. The van der Waals surface area contributed by atoms with Crippen LogP contribution in [0, 0.1) is 11.3 Å². The molecule has 1 aliphatic rings. The number of aromatic nitrogens is 1. The van der Waals surface area contributed by atoms with E-state index in [2.05, 4.69) is 15.8 Å². The van der Waals surface area contributed by atoms with Crippen LogP contribution in [0.3, 0.4) is 0 Å². The van der Waals surface area contributed by atoms with Gasteiger partial charge in [0.05, 0.1) is 0 Å². The predicted molar refractivity (Wildman–Crippen MR) is 88.6 cm³/mol. The maximum atomic E-state index is 12.2. The SMILES string of the molecule is CC(C)(C)C(=O)N1CCC(C(=O)NNC(=O)c2ccccn2)CC1. The molecule has 1 saturated heterocycles. The van der Waals surface area contributed by atoms with Crippen LogP contribution in [0.2, 0.25) is 0 Å². The minimum absolute atomic E-state index is 0.102. The van der Waals surface area contributed by atoms with Gasteiger partial charge in [0.15, 0.2) is 0 Å². The van der Waals surface area contributed by atoms with Gasteiger partial charge < -0.3 is 4.90 Å². The molecule has 1 fully saturated rings. The number of hydrogen-bond donors (Lipinski definition) is 2. The number of hydrogen-bond acceptors (Lipinski definition) is 4. The Hall–Kier alpha value is -2.44. The highest BCUT2D eigenvalue weighted by Gasteiger charge is 2.32. The molecule has 2 N–H and O–H groups in total.